The molecule has 2 aromatic rings. The van der Waals surface area contributed by atoms with E-state index in [2.05, 4.69) is 11.9 Å². The zero-order chi connectivity index (χ0) is 12.4. The number of nitrogens with zero attached hydrogens (tertiary/aromatic N) is 3. The molecule has 98 valence electrons. The molecule has 0 atom stereocenters. The van der Waals surface area contributed by atoms with Crippen molar-refractivity contribution in [1.82, 2.24) is 9.55 Å². The molecule has 0 aliphatic carbocycles. The number of aromatic nitrogens is 2. The smallest absolute Gasteiger partial charge is 0.293 e. The second kappa shape index (κ2) is 5.87. The van der Waals surface area contributed by atoms with Gasteiger partial charge in [-0.1, -0.05) is 19.1 Å². The molecule has 5 heteroatoms. The van der Waals surface area contributed by atoms with Gasteiger partial charge < -0.3 is 9.47 Å². The zero-order valence-corrected chi connectivity index (χ0v) is 11.7. The van der Waals surface area contributed by atoms with E-state index in [4.69, 9.17) is 0 Å². The Kier molecular flexibility index (Phi) is 4.73. The van der Waals surface area contributed by atoms with Gasteiger partial charge in [0.1, 0.15) is 0 Å². The summed E-state index contributed by atoms with van der Waals surface area (Å²) in [4.78, 5) is 18.4. The fourth-order valence-corrected chi connectivity index (χ4v) is 1.92. The summed E-state index contributed by atoms with van der Waals surface area (Å²) in [6, 6.07) is 7.76. The van der Waals surface area contributed by atoms with Crippen LogP contribution in [0.15, 0.2) is 29.1 Å². The number of benzene rings is 1. The molecular weight excluding hydrogens is 250 g/mol. The van der Waals surface area contributed by atoms with Gasteiger partial charge in [0.05, 0.1) is 11.0 Å². The van der Waals surface area contributed by atoms with Crippen molar-refractivity contribution in [1.29, 1.82) is 0 Å². The number of hydrogen-bond donors (Lipinski definition) is 0. The van der Waals surface area contributed by atoms with Crippen LogP contribution in [0.3, 0.4) is 0 Å². The third kappa shape index (κ3) is 2.48. The summed E-state index contributed by atoms with van der Waals surface area (Å²) in [5, 5.41) is 0. The fourth-order valence-electron chi connectivity index (χ4n) is 1.92. The number of anilines is 1. The Balaban J connectivity index is 0.00000162. The van der Waals surface area contributed by atoms with E-state index < -0.39 is 0 Å². The van der Waals surface area contributed by atoms with Crippen LogP contribution in [-0.4, -0.2) is 23.6 Å². The minimum absolute atomic E-state index is 0. The lowest BCUT2D eigenvalue weighted by Gasteiger charge is -2.15. The number of halogens is 1. The maximum atomic E-state index is 12.3. The number of fused-ring (bicyclic) bond motifs is 1. The van der Waals surface area contributed by atoms with Gasteiger partial charge in [0.25, 0.3) is 5.56 Å². The average molecular weight is 268 g/mol. The van der Waals surface area contributed by atoms with E-state index in [1.807, 2.05) is 38.4 Å². The lowest BCUT2D eigenvalue weighted by Crippen LogP contribution is -2.29. The van der Waals surface area contributed by atoms with E-state index in [0.29, 0.717) is 5.82 Å². The van der Waals surface area contributed by atoms with Crippen LogP contribution < -0.4 is 10.5 Å². The van der Waals surface area contributed by atoms with Crippen LogP contribution in [0.4, 0.5) is 5.82 Å². The summed E-state index contributed by atoms with van der Waals surface area (Å²) >= 11 is 0. The quantitative estimate of drug-likeness (QED) is 0.856. The van der Waals surface area contributed by atoms with Crippen molar-refractivity contribution in [2.45, 2.75) is 19.9 Å². The Bertz CT molecular complexity index is 592. The van der Waals surface area contributed by atoms with Crippen molar-refractivity contribution in [3.8, 4) is 0 Å². The summed E-state index contributed by atoms with van der Waals surface area (Å²) in [6.45, 7) is 2.79. The van der Waals surface area contributed by atoms with E-state index >= 15 is 0 Å². The monoisotopic (exact) mass is 267 g/mol. The normalized spacial score (nSPS) is 10.2. The standard InChI is InChI=1S/C13H17N3O.ClH/c1-4-9-16-11-8-6-5-7-10(11)14-12(13(16)17)15(2)3;/h5-8H,4,9H2,1-3H3;1H. The van der Waals surface area contributed by atoms with Crippen LogP contribution in [0.2, 0.25) is 0 Å². The molecule has 0 unspecified atom stereocenters. The first kappa shape index (κ1) is 14.5. The van der Waals surface area contributed by atoms with Gasteiger partial charge in [0.15, 0.2) is 5.82 Å². The van der Waals surface area contributed by atoms with Crippen molar-refractivity contribution in [2.75, 3.05) is 19.0 Å². The van der Waals surface area contributed by atoms with Crippen molar-refractivity contribution < 1.29 is 0 Å². The van der Waals surface area contributed by atoms with Crippen LogP contribution in [-0.2, 0) is 6.54 Å². The number of para-hydroxylation sites is 2. The van der Waals surface area contributed by atoms with Gasteiger partial charge in [0, 0.05) is 20.6 Å². The third-order valence-electron chi connectivity index (χ3n) is 2.71. The first-order valence-electron chi connectivity index (χ1n) is 5.82. The van der Waals surface area contributed by atoms with E-state index in [1.165, 1.54) is 0 Å². The SMILES string of the molecule is CCCn1c(=O)c(N(C)C)nc2ccccc21.Cl. The molecule has 0 saturated heterocycles. The van der Waals surface area contributed by atoms with Crippen molar-refractivity contribution in [2.24, 2.45) is 0 Å². The molecule has 1 heterocycles. The highest BCUT2D eigenvalue weighted by Gasteiger charge is 2.11. The third-order valence-corrected chi connectivity index (χ3v) is 2.71. The Morgan fingerprint density at radius 2 is 1.94 bits per heavy atom. The minimum Gasteiger partial charge on any atom is -0.358 e. The summed E-state index contributed by atoms with van der Waals surface area (Å²) in [5.74, 6) is 0.497. The second-order valence-corrected chi connectivity index (χ2v) is 4.28. The van der Waals surface area contributed by atoms with Crippen molar-refractivity contribution in [3.63, 3.8) is 0 Å². The molecule has 0 aliphatic rings. The van der Waals surface area contributed by atoms with Crippen LogP contribution in [0.25, 0.3) is 11.0 Å². The highest BCUT2D eigenvalue weighted by molar-refractivity contribution is 5.85. The molecule has 0 amide bonds. The van der Waals surface area contributed by atoms with E-state index in [-0.39, 0.29) is 18.0 Å². The highest BCUT2D eigenvalue weighted by Crippen LogP contribution is 2.13. The maximum absolute atomic E-state index is 12.3. The molecular formula is C13H18ClN3O. The van der Waals surface area contributed by atoms with Gasteiger partial charge in [-0.05, 0) is 18.6 Å². The molecule has 0 N–H and O–H groups in total. The van der Waals surface area contributed by atoms with Crippen LogP contribution in [0, 0.1) is 0 Å². The Hall–Kier alpha value is -1.55. The van der Waals surface area contributed by atoms with Gasteiger partial charge in [0.2, 0.25) is 0 Å². The minimum atomic E-state index is -0.0180. The van der Waals surface area contributed by atoms with E-state index in [1.54, 1.807) is 9.47 Å². The summed E-state index contributed by atoms with van der Waals surface area (Å²) in [5.41, 5.74) is 1.75. The Morgan fingerprint density at radius 3 is 2.56 bits per heavy atom. The molecule has 0 bridgehead atoms. The predicted molar refractivity (Wildman–Crippen MR) is 77.9 cm³/mol. The molecule has 1 aromatic carbocycles. The molecule has 0 radical (unpaired) electrons. The molecule has 0 aliphatic heterocycles. The molecule has 0 spiro atoms. The molecule has 0 saturated carbocycles. The molecule has 0 fully saturated rings. The highest BCUT2D eigenvalue weighted by atomic mass is 35.5. The topological polar surface area (TPSA) is 38.1 Å². The van der Waals surface area contributed by atoms with E-state index in [0.717, 1.165) is 24.0 Å². The molecule has 2 rings (SSSR count). The number of aryl methyl sites for hydroxylation is 1. The van der Waals surface area contributed by atoms with Crippen LogP contribution in [0.5, 0.6) is 0 Å². The number of rotatable bonds is 3. The molecule has 4 nitrogen and oxygen atoms in total. The number of hydrogen-bond acceptors (Lipinski definition) is 3. The molecule has 1 aromatic heterocycles. The van der Waals surface area contributed by atoms with Crippen molar-refractivity contribution in [3.05, 3.63) is 34.6 Å². The fraction of sp³-hybridized carbons (Fsp3) is 0.385. The van der Waals surface area contributed by atoms with Crippen LogP contribution >= 0.6 is 12.4 Å². The summed E-state index contributed by atoms with van der Waals surface area (Å²) < 4.78 is 1.80. The average Bonchev–Trinajstić information content (AvgIpc) is 2.32. The lowest BCUT2D eigenvalue weighted by atomic mass is 10.3. The lowest BCUT2D eigenvalue weighted by molar-refractivity contribution is 0.673. The second-order valence-electron chi connectivity index (χ2n) is 4.28. The largest absolute Gasteiger partial charge is 0.358 e. The van der Waals surface area contributed by atoms with Gasteiger partial charge >= 0.3 is 0 Å². The predicted octanol–water partition coefficient (Wildman–Crippen LogP) is 2.29. The zero-order valence-electron chi connectivity index (χ0n) is 10.9. The van der Waals surface area contributed by atoms with Gasteiger partial charge in [-0.2, -0.15) is 0 Å². The summed E-state index contributed by atoms with van der Waals surface area (Å²) in [7, 11) is 3.68. The first-order chi connectivity index (χ1) is 8.15. The Morgan fingerprint density at radius 1 is 1.28 bits per heavy atom. The van der Waals surface area contributed by atoms with Gasteiger partial charge in [-0.25, -0.2) is 4.98 Å². The van der Waals surface area contributed by atoms with Crippen LogP contribution in [0.1, 0.15) is 13.3 Å². The van der Waals surface area contributed by atoms with Gasteiger partial charge in [-0.3, -0.25) is 4.79 Å². The first-order valence-corrected chi connectivity index (χ1v) is 5.82. The Labute approximate surface area is 113 Å². The molecule has 18 heavy (non-hydrogen) atoms. The summed E-state index contributed by atoms with van der Waals surface area (Å²) in [6.07, 6.45) is 0.931. The maximum Gasteiger partial charge on any atom is 0.293 e. The van der Waals surface area contributed by atoms with E-state index in [9.17, 15) is 4.79 Å². The van der Waals surface area contributed by atoms with Crippen molar-refractivity contribution >= 4 is 29.3 Å². The van der Waals surface area contributed by atoms with Gasteiger partial charge in [-0.15, -0.1) is 12.4 Å².